The fourth-order valence-corrected chi connectivity index (χ4v) is 5.31. The number of amides is 1. The Bertz CT molecular complexity index is 1180. The Morgan fingerprint density at radius 1 is 1.19 bits per heavy atom. The second kappa shape index (κ2) is 8.55. The number of benzene rings is 1. The van der Waals surface area contributed by atoms with Crippen molar-refractivity contribution in [3.63, 3.8) is 0 Å². The molecule has 166 valence electrons. The monoisotopic (exact) mass is 450 g/mol. The van der Waals surface area contributed by atoms with Gasteiger partial charge in [0.2, 0.25) is 0 Å². The zero-order valence-electron chi connectivity index (χ0n) is 18.3. The Labute approximate surface area is 190 Å². The molecule has 0 bridgehead atoms. The van der Waals surface area contributed by atoms with Crippen molar-refractivity contribution in [3.8, 4) is 0 Å². The molecule has 4 heterocycles. The molecule has 0 spiro atoms. The molecule has 0 aliphatic carbocycles. The molecule has 1 saturated heterocycles. The lowest BCUT2D eigenvalue weighted by Gasteiger charge is -2.29. The van der Waals surface area contributed by atoms with Gasteiger partial charge in [-0.15, -0.1) is 0 Å². The van der Waals surface area contributed by atoms with Gasteiger partial charge in [-0.3, -0.25) is 9.59 Å². The lowest BCUT2D eigenvalue weighted by molar-refractivity contribution is -0.116. The van der Waals surface area contributed by atoms with Crippen molar-refractivity contribution in [1.82, 2.24) is 25.2 Å². The number of thiazole rings is 1. The summed E-state index contributed by atoms with van der Waals surface area (Å²) in [6, 6.07) is 6.34. The van der Waals surface area contributed by atoms with Crippen molar-refractivity contribution in [1.29, 1.82) is 0 Å². The average molecular weight is 451 g/mol. The molecule has 0 radical (unpaired) electrons. The third-order valence-corrected chi connectivity index (χ3v) is 7.13. The second-order valence-corrected chi connectivity index (χ2v) is 9.64. The van der Waals surface area contributed by atoms with Crippen LogP contribution in [-0.2, 0) is 17.6 Å². The molecule has 2 aromatic heterocycles. The summed E-state index contributed by atoms with van der Waals surface area (Å²) >= 11 is 1.31. The van der Waals surface area contributed by atoms with Crippen LogP contribution in [0.3, 0.4) is 0 Å². The Morgan fingerprint density at radius 2 is 2.00 bits per heavy atom. The molecule has 0 saturated carbocycles. The molecule has 1 aromatic carbocycles. The van der Waals surface area contributed by atoms with Gasteiger partial charge in [0, 0.05) is 24.7 Å². The van der Waals surface area contributed by atoms with Crippen LogP contribution in [-0.4, -0.2) is 64.3 Å². The topological polar surface area (TPSA) is 91.3 Å². The van der Waals surface area contributed by atoms with Crippen molar-refractivity contribution in [3.05, 3.63) is 40.7 Å². The predicted octanol–water partition coefficient (Wildman–Crippen LogP) is 2.74. The maximum absolute atomic E-state index is 12.9. The van der Waals surface area contributed by atoms with Crippen LogP contribution in [0.25, 0.3) is 10.3 Å². The second-order valence-electron chi connectivity index (χ2n) is 8.66. The largest absolute Gasteiger partial charge is 0.347 e. The van der Waals surface area contributed by atoms with Crippen LogP contribution in [0.15, 0.2) is 24.5 Å². The highest BCUT2D eigenvalue weighted by molar-refractivity contribution is 7.20. The number of rotatable bonds is 5. The van der Waals surface area contributed by atoms with Gasteiger partial charge in [-0.1, -0.05) is 23.5 Å². The first-order valence-electron chi connectivity index (χ1n) is 11.0. The van der Waals surface area contributed by atoms with E-state index in [1.807, 2.05) is 6.07 Å². The number of Topliss-reactive ketones (excluding diaryl/α,β-unsaturated/α-hetero) is 1. The third kappa shape index (κ3) is 4.10. The minimum atomic E-state index is -0.135. The van der Waals surface area contributed by atoms with Crippen molar-refractivity contribution < 1.29 is 9.59 Å². The van der Waals surface area contributed by atoms with Gasteiger partial charge in [0.25, 0.3) is 5.91 Å². The minimum Gasteiger partial charge on any atom is -0.347 e. The van der Waals surface area contributed by atoms with E-state index < -0.39 is 0 Å². The summed E-state index contributed by atoms with van der Waals surface area (Å²) in [6.07, 6.45) is 4.77. The number of aromatic nitrogens is 3. The standard InChI is InChI=1S/C23H26N6O2S/c1-14(30)11-15-3-4-18-16(12-15)5-10-29(18)20-19-22(25-13-24-20)32-23(27-19)21(31)26-17-6-8-28(2)9-7-17/h3-4,12-13,17H,5-11H2,1-2H3,(H,26,31). The van der Waals surface area contributed by atoms with Crippen LogP contribution < -0.4 is 10.2 Å². The van der Waals surface area contributed by atoms with E-state index in [-0.39, 0.29) is 17.7 Å². The minimum absolute atomic E-state index is 0.135. The van der Waals surface area contributed by atoms with Crippen LogP contribution >= 0.6 is 11.3 Å². The van der Waals surface area contributed by atoms with Gasteiger partial charge in [0.05, 0.1) is 0 Å². The summed E-state index contributed by atoms with van der Waals surface area (Å²) in [5.74, 6) is 0.748. The molecular weight excluding hydrogens is 424 g/mol. The first-order valence-corrected chi connectivity index (χ1v) is 11.8. The number of hydrogen-bond donors (Lipinski definition) is 1. The maximum Gasteiger partial charge on any atom is 0.280 e. The van der Waals surface area contributed by atoms with E-state index in [4.69, 9.17) is 0 Å². The molecule has 0 unspecified atom stereocenters. The molecule has 32 heavy (non-hydrogen) atoms. The lowest BCUT2D eigenvalue weighted by atomic mass is 10.0. The van der Waals surface area contributed by atoms with Crippen LogP contribution in [0.1, 0.15) is 40.7 Å². The number of carbonyl (C=O) groups excluding carboxylic acids is 2. The molecule has 1 amide bonds. The van der Waals surface area contributed by atoms with Crippen molar-refractivity contribution in [2.24, 2.45) is 0 Å². The summed E-state index contributed by atoms with van der Waals surface area (Å²) in [5.41, 5.74) is 3.97. The number of nitrogens with one attached hydrogen (secondary N) is 1. The van der Waals surface area contributed by atoms with E-state index in [0.717, 1.165) is 56.0 Å². The highest BCUT2D eigenvalue weighted by Gasteiger charge is 2.27. The summed E-state index contributed by atoms with van der Waals surface area (Å²) in [4.78, 5) is 43.0. The van der Waals surface area contributed by atoms with E-state index in [1.54, 1.807) is 6.92 Å². The quantitative estimate of drug-likeness (QED) is 0.639. The van der Waals surface area contributed by atoms with Gasteiger partial charge < -0.3 is 15.1 Å². The molecule has 5 rings (SSSR count). The Kier molecular flexibility index (Phi) is 5.60. The van der Waals surface area contributed by atoms with Gasteiger partial charge in [-0.05, 0) is 63.5 Å². The van der Waals surface area contributed by atoms with Gasteiger partial charge in [0.1, 0.15) is 22.5 Å². The predicted molar refractivity (Wildman–Crippen MR) is 125 cm³/mol. The van der Waals surface area contributed by atoms with Gasteiger partial charge in [-0.25, -0.2) is 15.0 Å². The van der Waals surface area contributed by atoms with Gasteiger partial charge >= 0.3 is 0 Å². The summed E-state index contributed by atoms with van der Waals surface area (Å²) in [5, 5.41) is 3.56. The summed E-state index contributed by atoms with van der Waals surface area (Å²) < 4.78 is 0. The number of hydrogen-bond acceptors (Lipinski definition) is 8. The molecule has 2 aliphatic rings. The highest BCUT2D eigenvalue weighted by Crippen LogP contribution is 2.37. The smallest absolute Gasteiger partial charge is 0.280 e. The number of fused-ring (bicyclic) bond motifs is 2. The fourth-order valence-electron chi connectivity index (χ4n) is 4.51. The van der Waals surface area contributed by atoms with Crippen LogP contribution in [0.2, 0.25) is 0 Å². The van der Waals surface area contributed by atoms with Gasteiger partial charge in [-0.2, -0.15) is 0 Å². The van der Waals surface area contributed by atoms with Crippen molar-refractivity contribution in [2.45, 2.75) is 38.6 Å². The molecule has 3 aromatic rings. The van der Waals surface area contributed by atoms with Crippen LogP contribution in [0, 0.1) is 0 Å². The first kappa shape index (κ1) is 21.0. The molecule has 1 N–H and O–H groups in total. The lowest BCUT2D eigenvalue weighted by Crippen LogP contribution is -2.43. The first-order chi connectivity index (χ1) is 15.5. The number of piperidine rings is 1. The Morgan fingerprint density at radius 3 is 2.78 bits per heavy atom. The summed E-state index contributed by atoms with van der Waals surface area (Å²) in [6.45, 7) is 4.37. The van der Waals surface area contributed by atoms with Crippen molar-refractivity contribution >= 4 is 44.9 Å². The zero-order valence-corrected chi connectivity index (χ0v) is 19.1. The fraction of sp³-hybridized carbons (Fsp3) is 0.435. The molecular formula is C23H26N6O2S. The molecule has 2 aliphatic heterocycles. The third-order valence-electron chi connectivity index (χ3n) is 6.17. The molecule has 9 heteroatoms. The maximum atomic E-state index is 12.9. The van der Waals surface area contributed by atoms with Crippen LogP contribution in [0.4, 0.5) is 11.5 Å². The number of ketones is 1. The average Bonchev–Trinajstić information content (AvgIpc) is 3.39. The normalized spacial score (nSPS) is 17.0. The van der Waals surface area contributed by atoms with E-state index >= 15 is 0 Å². The van der Waals surface area contributed by atoms with E-state index in [2.05, 4.69) is 49.2 Å². The molecule has 0 atom stereocenters. The van der Waals surface area contributed by atoms with Crippen LogP contribution in [0.5, 0.6) is 0 Å². The van der Waals surface area contributed by atoms with E-state index in [9.17, 15) is 9.59 Å². The Hall–Kier alpha value is -2.91. The number of anilines is 2. The number of nitrogens with zero attached hydrogens (tertiary/aromatic N) is 5. The number of likely N-dealkylation sites (tertiary alicyclic amines) is 1. The zero-order chi connectivity index (χ0) is 22.2. The van der Waals surface area contributed by atoms with E-state index in [1.165, 1.54) is 23.2 Å². The van der Waals surface area contributed by atoms with Gasteiger partial charge in [0.15, 0.2) is 10.8 Å². The highest BCUT2D eigenvalue weighted by atomic mass is 32.1. The number of carbonyl (C=O) groups is 2. The van der Waals surface area contributed by atoms with Crippen molar-refractivity contribution in [2.75, 3.05) is 31.6 Å². The SMILES string of the molecule is CC(=O)Cc1ccc2c(c1)CCN2c1ncnc2sc(C(=O)NC3CCN(C)CC3)nc12. The summed E-state index contributed by atoms with van der Waals surface area (Å²) in [7, 11) is 2.10. The molecule has 8 nitrogen and oxygen atoms in total. The van der Waals surface area contributed by atoms with E-state index in [0.29, 0.717) is 21.8 Å². The Balaban J connectivity index is 1.40. The molecule has 1 fully saturated rings.